The maximum Gasteiger partial charge on any atom is 0.412 e. The van der Waals surface area contributed by atoms with Gasteiger partial charge in [-0.25, -0.2) is 4.40 Å². The smallest absolute Gasteiger partial charge is 0.412 e. The van der Waals surface area contributed by atoms with Crippen LogP contribution in [0.5, 0.6) is 0 Å². The number of fused-ring (bicyclic) bond motifs is 1. The van der Waals surface area contributed by atoms with Crippen molar-refractivity contribution in [3.05, 3.63) is 87.4 Å². The zero-order chi connectivity index (χ0) is 20.8. The Kier molecular flexibility index (Phi) is 4.79. The summed E-state index contributed by atoms with van der Waals surface area (Å²) in [6.07, 6.45) is 3.70. The Balaban J connectivity index is 1.70. The topological polar surface area (TPSA) is 47.2 Å². The molecule has 148 valence electrons. The number of aromatic nitrogens is 4. The van der Waals surface area contributed by atoms with Gasteiger partial charge in [-0.3, -0.25) is 0 Å². The predicted octanol–water partition coefficient (Wildman–Crippen LogP) is 6.07. The Hall–Kier alpha value is -2.77. The van der Waals surface area contributed by atoms with Crippen molar-refractivity contribution in [2.75, 3.05) is 0 Å². The number of imidazole rings is 1. The van der Waals surface area contributed by atoms with Crippen molar-refractivity contribution in [3.63, 3.8) is 0 Å². The second-order valence-corrected chi connectivity index (χ2v) is 8.92. The van der Waals surface area contributed by atoms with Crippen LogP contribution in [0.25, 0.3) is 34.3 Å². The number of oxazole rings is 1. The minimum absolute atomic E-state index is 0.478. The van der Waals surface area contributed by atoms with Crippen LogP contribution in [0.3, 0.4) is 0 Å². The molecule has 0 saturated carbocycles. The zero-order valence-electron chi connectivity index (χ0n) is 16.3. The minimum atomic E-state index is 0.478. The van der Waals surface area contributed by atoms with Crippen LogP contribution in [-0.2, 0) is 0 Å². The van der Waals surface area contributed by atoms with E-state index in [0.717, 1.165) is 48.6 Å². The molecule has 5 nitrogen and oxygen atoms in total. The molecule has 0 fully saturated rings. The summed E-state index contributed by atoms with van der Waals surface area (Å²) >= 11 is 6.98. The van der Waals surface area contributed by atoms with E-state index in [0.29, 0.717) is 6.01 Å². The lowest BCUT2D eigenvalue weighted by Gasteiger charge is -2.02. The molecular formula is C23H17Br2N4O+. The maximum atomic E-state index is 5.87. The van der Waals surface area contributed by atoms with Gasteiger partial charge in [0.1, 0.15) is 17.7 Å². The molecule has 2 aromatic carbocycles. The number of benzene rings is 2. The van der Waals surface area contributed by atoms with E-state index in [2.05, 4.69) is 61.4 Å². The van der Waals surface area contributed by atoms with E-state index in [4.69, 9.17) is 14.4 Å². The average Bonchev–Trinajstić information content (AvgIpc) is 3.34. The number of hydrogen-bond donors (Lipinski definition) is 0. The van der Waals surface area contributed by atoms with Crippen molar-refractivity contribution in [2.45, 2.75) is 13.8 Å². The second kappa shape index (κ2) is 7.49. The molecule has 3 aromatic heterocycles. The van der Waals surface area contributed by atoms with E-state index < -0.39 is 0 Å². The molecule has 0 aliphatic heterocycles. The number of hydrogen-bond acceptors (Lipinski definition) is 3. The third kappa shape index (κ3) is 3.38. The highest BCUT2D eigenvalue weighted by Crippen LogP contribution is 2.25. The van der Waals surface area contributed by atoms with Crippen molar-refractivity contribution < 1.29 is 8.98 Å². The molecule has 0 aliphatic rings. The predicted molar refractivity (Wildman–Crippen MR) is 123 cm³/mol. The summed E-state index contributed by atoms with van der Waals surface area (Å²) in [5.41, 5.74) is 5.90. The fourth-order valence-corrected chi connectivity index (χ4v) is 4.08. The summed E-state index contributed by atoms with van der Waals surface area (Å²) in [5, 5.41) is 0. The normalized spacial score (nSPS) is 11.3. The summed E-state index contributed by atoms with van der Waals surface area (Å²) in [5.74, 6) is 0.759. The van der Waals surface area contributed by atoms with Crippen LogP contribution in [0.2, 0.25) is 0 Å². The molecule has 0 saturated heterocycles. The highest BCUT2D eigenvalue weighted by Gasteiger charge is 2.25. The Labute approximate surface area is 190 Å². The van der Waals surface area contributed by atoms with E-state index in [1.54, 1.807) is 6.26 Å². The molecule has 5 rings (SSSR count). The highest BCUT2D eigenvalue weighted by molar-refractivity contribution is 9.10. The van der Waals surface area contributed by atoms with E-state index in [9.17, 15) is 0 Å². The molecule has 0 atom stereocenters. The first-order valence-corrected chi connectivity index (χ1v) is 11.0. The van der Waals surface area contributed by atoms with Crippen LogP contribution in [0, 0.1) is 13.8 Å². The van der Waals surface area contributed by atoms with Crippen molar-refractivity contribution in [1.29, 1.82) is 0 Å². The molecule has 5 aromatic rings. The molecule has 0 radical (unpaired) electrons. The van der Waals surface area contributed by atoms with Gasteiger partial charge in [0.15, 0.2) is 5.69 Å². The van der Waals surface area contributed by atoms with Crippen LogP contribution >= 0.6 is 31.9 Å². The van der Waals surface area contributed by atoms with Gasteiger partial charge < -0.3 is 4.42 Å². The van der Waals surface area contributed by atoms with Crippen LogP contribution < -0.4 is 4.57 Å². The van der Waals surface area contributed by atoms with Crippen molar-refractivity contribution in [3.8, 4) is 28.5 Å². The molecule has 7 heteroatoms. The third-order valence-electron chi connectivity index (χ3n) is 4.93. The third-order valence-corrected chi connectivity index (χ3v) is 5.99. The van der Waals surface area contributed by atoms with E-state index in [1.807, 2.05) is 54.1 Å². The van der Waals surface area contributed by atoms with Crippen molar-refractivity contribution in [1.82, 2.24) is 14.4 Å². The Morgan fingerprint density at radius 1 is 0.867 bits per heavy atom. The van der Waals surface area contributed by atoms with Gasteiger partial charge >= 0.3 is 11.8 Å². The largest absolute Gasteiger partial charge is 0.412 e. The fourth-order valence-electron chi connectivity index (χ4n) is 3.55. The van der Waals surface area contributed by atoms with Gasteiger partial charge in [-0.05, 0) is 38.1 Å². The summed E-state index contributed by atoms with van der Waals surface area (Å²) in [6.45, 7) is 4.07. The first-order valence-electron chi connectivity index (χ1n) is 9.39. The van der Waals surface area contributed by atoms with Gasteiger partial charge in [-0.2, -0.15) is 4.57 Å². The monoisotopic (exact) mass is 523 g/mol. The van der Waals surface area contributed by atoms with Gasteiger partial charge in [0.05, 0.1) is 11.9 Å². The van der Waals surface area contributed by atoms with E-state index in [-0.39, 0.29) is 0 Å². The van der Waals surface area contributed by atoms with Crippen LogP contribution in [0.15, 0.2) is 80.4 Å². The Morgan fingerprint density at radius 2 is 1.50 bits per heavy atom. The molecule has 0 N–H and O–H groups in total. The maximum absolute atomic E-state index is 5.87. The number of nitrogens with zero attached hydrogens (tertiary/aromatic N) is 4. The Bertz CT molecular complexity index is 1370. The molecule has 30 heavy (non-hydrogen) atoms. The quantitative estimate of drug-likeness (QED) is 0.269. The molecule has 3 heterocycles. The SMILES string of the molecule is Cc1cc(C)n2c(-c3ccc(Br)cc3)c[n+](-c3nc(-c4ccc(Br)cc4)co3)c2n1. The zero-order valence-corrected chi connectivity index (χ0v) is 19.5. The summed E-state index contributed by atoms with van der Waals surface area (Å²) < 4.78 is 12.0. The lowest BCUT2D eigenvalue weighted by Crippen LogP contribution is -2.30. The van der Waals surface area contributed by atoms with Gasteiger partial charge in [0.2, 0.25) is 0 Å². The van der Waals surface area contributed by atoms with Crippen LogP contribution in [0.1, 0.15) is 11.4 Å². The first kappa shape index (κ1) is 19.2. The average molecular weight is 525 g/mol. The molecule has 0 spiro atoms. The first-order chi connectivity index (χ1) is 14.5. The highest BCUT2D eigenvalue weighted by atomic mass is 79.9. The minimum Gasteiger partial charge on any atom is -0.412 e. The number of halogens is 2. The number of rotatable bonds is 3. The van der Waals surface area contributed by atoms with E-state index >= 15 is 0 Å². The lowest BCUT2D eigenvalue weighted by atomic mass is 10.2. The summed E-state index contributed by atoms with van der Waals surface area (Å²) in [4.78, 5) is 9.51. The van der Waals surface area contributed by atoms with Crippen LogP contribution in [0.4, 0.5) is 0 Å². The summed E-state index contributed by atoms with van der Waals surface area (Å²) in [7, 11) is 0. The Morgan fingerprint density at radius 3 is 2.17 bits per heavy atom. The molecule has 0 aliphatic carbocycles. The lowest BCUT2D eigenvalue weighted by molar-refractivity contribution is -0.587. The van der Waals surface area contributed by atoms with Crippen molar-refractivity contribution in [2.24, 2.45) is 0 Å². The van der Waals surface area contributed by atoms with Gasteiger partial charge in [0, 0.05) is 26.1 Å². The number of aryl methyl sites for hydroxylation is 2. The molecule has 0 unspecified atom stereocenters. The molecule has 0 amide bonds. The van der Waals surface area contributed by atoms with E-state index in [1.165, 1.54) is 0 Å². The molecular weight excluding hydrogens is 508 g/mol. The fraction of sp³-hybridized carbons (Fsp3) is 0.0870. The van der Waals surface area contributed by atoms with Crippen molar-refractivity contribution >= 4 is 37.6 Å². The second-order valence-electron chi connectivity index (χ2n) is 7.09. The van der Waals surface area contributed by atoms with Gasteiger partial charge in [-0.15, -0.1) is 4.98 Å². The summed E-state index contributed by atoms with van der Waals surface area (Å²) in [6, 6.07) is 18.8. The van der Waals surface area contributed by atoms with Gasteiger partial charge in [-0.1, -0.05) is 61.1 Å². The molecule has 0 bridgehead atoms. The van der Waals surface area contributed by atoms with Crippen LogP contribution in [-0.4, -0.2) is 14.4 Å². The standard InChI is InChI=1S/C23H17Br2N4O/c1-14-11-15(2)29-21(17-5-9-19(25)10-6-17)12-28(22(29)26-14)23-27-20(13-30-23)16-3-7-18(24)8-4-16/h3-13H,1-2H3/q+1. The van der Waals surface area contributed by atoms with Gasteiger partial charge in [0.25, 0.3) is 0 Å².